The summed E-state index contributed by atoms with van der Waals surface area (Å²) in [6, 6.07) is 4.21. The first-order valence-corrected chi connectivity index (χ1v) is 13.3. The van der Waals surface area contributed by atoms with E-state index in [1.54, 1.807) is 30.4 Å². The first-order chi connectivity index (χ1) is 18.4. The Morgan fingerprint density at radius 2 is 1.95 bits per heavy atom. The van der Waals surface area contributed by atoms with Crippen LogP contribution in [0.15, 0.2) is 36.8 Å². The van der Waals surface area contributed by atoms with E-state index in [4.69, 9.17) is 0 Å². The van der Waals surface area contributed by atoms with Crippen molar-refractivity contribution in [3.8, 4) is 5.69 Å². The van der Waals surface area contributed by atoms with Crippen LogP contribution in [0.4, 0.5) is 13.2 Å². The second-order valence-corrected chi connectivity index (χ2v) is 11.2. The molecular weight excluding hydrogens is 507 g/mol. The molecule has 2 aliphatic rings. The second kappa shape index (κ2) is 10.3. The number of halogens is 3. The number of amides is 2. The van der Waals surface area contributed by atoms with Crippen molar-refractivity contribution in [2.45, 2.75) is 45.6 Å². The Labute approximate surface area is 226 Å². The van der Waals surface area contributed by atoms with Crippen LogP contribution >= 0.6 is 0 Å². The lowest BCUT2D eigenvalue weighted by Gasteiger charge is -2.39. The summed E-state index contributed by atoms with van der Waals surface area (Å²) < 4.78 is 43.2. The summed E-state index contributed by atoms with van der Waals surface area (Å²) in [5.41, 5.74) is 3.77. The smallest absolute Gasteiger partial charge is 0.267 e. The lowest BCUT2D eigenvalue weighted by molar-refractivity contribution is -0.134. The van der Waals surface area contributed by atoms with Crippen molar-refractivity contribution in [2.24, 2.45) is 5.92 Å². The third kappa shape index (κ3) is 5.39. The minimum Gasteiger partial charge on any atom is -0.339 e. The molecule has 2 aromatic heterocycles. The number of fused-ring (bicyclic) bond motifs is 1. The quantitative estimate of drug-likeness (QED) is 0.448. The highest BCUT2D eigenvalue weighted by Crippen LogP contribution is 2.33. The maximum atomic E-state index is 14.3. The highest BCUT2D eigenvalue weighted by Gasteiger charge is 2.41. The van der Waals surface area contributed by atoms with Crippen LogP contribution in [0.3, 0.4) is 0 Å². The molecule has 0 radical (unpaired) electrons. The SMILES string of the molecule is Cc1cncc2c1c(CC1CN(CC(=O)N3CCC(F)(F)C3)C1)cn2-c1ccc(F)cc1C(=O)N(C)C(C)C. The van der Waals surface area contributed by atoms with Gasteiger partial charge >= 0.3 is 0 Å². The van der Waals surface area contributed by atoms with E-state index in [-0.39, 0.29) is 42.9 Å². The monoisotopic (exact) mass is 541 g/mol. The van der Waals surface area contributed by atoms with E-state index < -0.39 is 18.3 Å². The Balaban J connectivity index is 1.37. The fourth-order valence-electron chi connectivity index (χ4n) is 5.60. The molecule has 3 aromatic rings. The molecule has 0 atom stereocenters. The van der Waals surface area contributed by atoms with Gasteiger partial charge in [-0.2, -0.15) is 0 Å². The zero-order valence-electron chi connectivity index (χ0n) is 22.8. The van der Waals surface area contributed by atoms with Crippen LogP contribution in [0.5, 0.6) is 0 Å². The predicted octanol–water partition coefficient (Wildman–Crippen LogP) is 4.30. The molecule has 0 bridgehead atoms. The van der Waals surface area contributed by atoms with E-state index in [2.05, 4.69) is 4.98 Å². The number of hydrogen-bond acceptors (Lipinski definition) is 4. The molecule has 5 rings (SSSR count). The molecule has 7 nitrogen and oxygen atoms in total. The number of benzene rings is 1. The van der Waals surface area contributed by atoms with Crippen molar-refractivity contribution >= 4 is 22.7 Å². The Kier molecular flexibility index (Phi) is 7.17. The number of aryl methyl sites for hydroxylation is 1. The van der Waals surface area contributed by atoms with E-state index in [9.17, 15) is 22.8 Å². The van der Waals surface area contributed by atoms with E-state index in [1.165, 1.54) is 17.0 Å². The molecule has 208 valence electrons. The number of nitrogens with zero attached hydrogens (tertiary/aromatic N) is 5. The van der Waals surface area contributed by atoms with E-state index >= 15 is 0 Å². The molecule has 0 aliphatic carbocycles. The molecule has 0 spiro atoms. The molecule has 0 N–H and O–H groups in total. The van der Waals surface area contributed by atoms with Crippen molar-refractivity contribution in [3.63, 3.8) is 0 Å². The predicted molar refractivity (Wildman–Crippen MR) is 143 cm³/mol. The van der Waals surface area contributed by atoms with Crippen LogP contribution in [0, 0.1) is 18.7 Å². The normalized spacial score (nSPS) is 17.7. The van der Waals surface area contributed by atoms with Crippen LogP contribution < -0.4 is 0 Å². The lowest BCUT2D eigenvalue weighted by atomic mass is 9.91. The zero-order chi connectivity index (χ0) is 28.1. The number of hydrogen-bond donors (Lipinski definition) is 0. The molecule has 2 aliphatic heterocycles. The van der Waals surface area contributed by atoms with E-state index in [0.717, 1.165) is 28.5 Å². The van der Waals surface area contributed by atoms with Gasteiger partial charge in [0.05, 0.1) is 36.1 Å². The topological polar surface area (TPSA) is 61.7 Å². The standard InChI is InChI=1S/C29H34F3N5O2/c1-18(2)34(4)28(39)23-10-22(30)5-6-24(23)37-15-21(27-19(3)11-33-12-25(27)37)9-20-13-35(14-20)16-26(38)36-8-7-29(31,32)17-36/h5-6,10-12,15,18,20H,7-9,13-14,16-17H2,1-4H3. The van der Waals surface area contributed by atoms with Crippen LogP contribution in [-0.2, 0) is 11.2 Å². The molecule has 1 aromatic carbocycles. The fourth-order valence-corrected chi connectivity index (χ4v) is 5.60. The molecule has 2 amide bonds. The Bertz CT molecular complexity index is 1410. The molecule has 39 heavy (non-hydrogen) atoms. The highest BCUT2D eigenvalue weighted by molar-refractivity contribution is 5.99. The number of rotatable bonds is 7. The fraction of sp³-hybridized carbons (Fsp3) is 0.483. The number of alkyl halides is 2. The van der Waals surface area contributed by atoms with Gasteiger partial charge in [0.2, 0.25) is 5.91 Å². The third-order valence-electron chi connectivity index (χ3n) is 7.95. The second-order valence-electron chi connectivity index (χ2n) is 11.2. The molecule has 10 heteroatoms. The van der Waals surface area contributed by atoms with Crippen molar-refractivity contribution in [1.29, 1.82) is 0 Å². The first-order valence-electron chi connectivity index (χ1n) is 13.3. The van der Waals surface area contributed by atoms with Crippen molar-refractivity contribution in [1.82, 2.24) is 24.3 Å². The number of carbonyl (C=O) groups is 2. The molecule has 0 saturated carbocycles. The van der Waals surface area contributed by atoms with Gasteiger partial charge in [0.15, 0.2) is 0 Å². The van der Waals surface area contributed by atoms with Crippen LogP contribution in [-0.4, -0.2) is 87.8 Å². The molecule has 4 heterocycles. The Morgan fingerprint density at radius 3 is 2.62 bits per heavy atom. The van der Waals surface area contributed by atoms with Gasteiger partial charge in [0.1, 0.15) is 5.82 Å². The maximum absolute atomic E-state index is 14.3. The largest absolute Gasteiger partial charge is 0.339 e. The molecule has 0 unspecified atom stereocenters. The average Bonchev–Trinajstić information content (AvgIpc) is 3.42. The van der Waals surface area contributed by atoms with Gasteiger partial charge in [-0.15, -0.1) is 0 Å². The van der Waals surface area contributed by atoms with Crippen LogP contribution in [0.2, 0.25) is 0 Å². The summed E-state index contributed by atoms with van der Waals surface area (Å²) in [7, 11) is 1.70. The average molecular weight is 542 g/mol. The van der Waals surface area contributed by atoms with Gasteiger partial charge in [-0.25, -0.2) is 13.2 Å². The van der Waals surface area contributed by atoms with Crippen LogP contribution in [0.1, 0.15) is 41.8 Å². The van der Waals surface area contributed by atoms with Gasteiger partial charge in [-0.1, -0.05) is 0 Å². The van der Waals surface area contributed by atoms with E-state index in [0.29, 0.717) is 24.7 Å². The highest BCUT2D eigenvalue weighted by atomic mass is 19.3. The third-order valence-corrected chi connectivity index (χ3v) is 7.95. The number of carbonyl (C=O) groups excluding carboxylic acids is 2. The van der Waals surface area contributed by atoms with Gasteiger partial charge in [0.25, 0.3) is 11.8 Å². The van der Waals surface area contributed by atoms with Crippen LogP contribution in [0.25, 0.3) is 16.6 Å². The zero-order valence-corrected chi connectivity index (χ0v) is 22.8. The summed E-state index contributed by atoms with van der Waals surface area (Å²) in [4.78, 5) is 35.0. The Hall–Kier alpha value is -3.40. The summed E-state index contributed by atoms with van der Waals surface area (Å²) in [5.74, 6) is -3.48. The molecule has 2 fully saturated rings. The summed E-state index contributed by atoms with van der Waals surface area (Å²) >= 11 is 0. The van der Waals surface area contributed by atoms with E-state index in [1.807, 2.05) is 36.4 Å². The minimum atomic E-state index is -2.78. The molecule has 2 saturated heterocycles. The van der Waals surface area contributed by atoms with Gasteiger partial charge in [0, 0.05) is 56.9 Å². The minimum absolute atomic E-state index is 0.0510. The Morgan fingerprint density at radius 1 is 1.21 bits per heavy atom. The lowest BCUT2D eigenvalue weighted by Crippen LogP contribution is -2.52. The number of pyridine rings is 1. The van der Waals surface area contributed by atoms with Crippen molar-refractivity contribution in [2.75, 3.05) is 39.8 Å². The van der Waals surface area contributed by atoms with Gasteiger partial charge in [-0.3, -0.25) is 19.5 Å². The van der Waals surface area contributed by atoms with Crippen molar-refractivity contribution in [3.05, 3.63) is 59.3 Å². The number of likely N-dealkylation sites (tertiary alicyclic amines) is 2. The number of aromatic nitrogens is 2. The summed E-state index contributed by atoms with van der Waals surface area (Å²) in [5, 5.41) is 1.04. The summed E-state index contributed by atoms with van der Waals surface area (Å²) in [6.45, 7) is 6.98. The van der Waals surface area contributed by atoms with Gasteiger partial charge in [-0.05, 0) is 62.4 Å². The summed E-state index contributed by atoms with van der Waals surface area (Å²) in [6.07, 6.45) is 6.04. The maximum Gasteiger partial charge on any atom is 0.267 e. The van der Waals surface area contributed by atoms with Crippen molar-refractivity contribution < 1.29 is 22.8 Å². The first kappa shape index (κ1) is 27.2. The van der Waals surface area contributed by atoms with Gasteiger partial charge < -0.3 is 14.4 Å². The molecular formula is C29H34F3N5O2.